The van der Waals surface area contributed by atoms with Gasteiger partial charge in [0, 0.05) is 61.6 Å². The average molecular weight is 497 g/mol. The summed E-state index contributed by atoms with van der Waals surface area (Å²) < 4.78 is 0. The molecule has 3 aromatic carbocycles. The molecule has 0 atom stereocenters. The molecule has 6 nitrogen and oxygen atoms in total. The van der Waals surface area contributed by atoms with Gasteiger partial charge in [-0.1, -0.05) is 48.5 Å². The van der Waals surface area contributed by atoms with E-state index in [1.807, 2.05) is 69.4 Å². The van der Waals surface area contributed by atoms with E-state index in [4.69, 9.17) is 0 Å². The van der Waals surface area contributed by atoms with Crippen LogP contribution < -0.4 is 4.90 Å². The van der Waals surface area contributed by atoms with Crippen molar-refractivity contribution in [3.05, 3.63) is 102 Å². The van der Waals surface area contributed by atoms with Gasteiger partial charge in [-0.15, -0.1) is 0 Å². The summed E-state index contributed by atoms with van der Waals surface area (Å²) in [5.74, 6) is -0.189. The zero-order valence-corrected chi connectivity index (χ0v) is 22.1. The van der Waals surface area contributed by atoms with Gasteiger partial charge in [-0.2, -0.15) is 0 Å². The number of fused-ring (bicyclic) bond motifs is 1. The van der Waals surface area contributed by atoms with E-state index in [0.29, 0.717) is 18.7 Å². The molecule has 0 aliphatic heterocycles. The number of benzene rings is 3. The van der Waals surface area contributed by atoms with E-state index in [1.54, 1.807) is 17.0 Å². The van der Waals surface area contributed by atoms with Gasteiger partial charge in [-0.25, -0.2) is 0 Å². The Balaban J connectivity index is 1.55. The predicted octanol–water partition coefficient (Wildman–Crippen LogP) is 5.36. The maximum absolute atomic E-state index is 13.7. The maximum Gasteiger partial charge on any atom is 0.254 e. The Labute approximate surface area is 219 Å². The average Bonchev–Trinajstić information content (AvgIpc) is 3.32. The molecule has 1 N–H and O–H groups in total. The number of carbonyl (C=O) groups excluding carboxylic acids is 2. The Hall–Kier alpha value is -4.06. The van der Waals surface area contributed by atoms with E-state index in [0.717, 1.165) is 23.2 Å². The maximum atomic E-state index is 13.7. The van der Waals surface area contributed by atoms with Crippen molar-refractivity contribution in [1.82, 2.24) is 14.8 Å². The first-order valence-electron chi connectivity index (χ1n) is 12.8. The molecule has 0 fully saturated rings. The third-order valence-corrected chi connectivity index (χ3v) is 6.72. The number of aromatic nitrogens is 1. The van der Waals surface area contributed by atoms with Gasteiger partial charge in [0.05, 0.1) is 0 Å². The van der Waals surface area contributed by atoms with Crippen LogP contribution in [0.25, 0.3) is 10.9 Å². The number of amides is 2. The molecule has 0 saturated carbocycles. The van der Waals surface area contributed by atoms with Crippen molar-refractivity contribution in [1.29, 1.82) is 0 Å². The molecular formula is C31H36N4O2. The molecule has 0 aliphatic carbocycles. The van der Waals surface area contributed by atoms with Crippen LogP contribution in [0.4, 0.5) is 5.69 Å². The predicted molar refractivity (Wildman–Crippen MR) is 151 cm³/mol. The number of para-hydroxylation sites is 1. The lowest BCUT2D eigenvalue weighted by molar-refractivity contribution is -0.132. The molecule has 0 bridgehead atoms. The molecule has 4 rings (SSSR count). The molecular weight excluding hydrogens is 460 g/mol. The van der Waals surface area contributed by atoms with Gasteiger partial charge in [-0.05, 0) is 61.7 Å². The van der Waals surface area contributed by atoms with Crippen LogP contribution in [0, 0.1) is 0 Å². The number of hydrogen-bond donors (Lipinski definition) is 1. The van der Waals surface area contributed by atoms with Gasteiger partial charge in [0.2, 0.25) is 5.91 Å². The summed E-state index contributed by atoms with van der Waals surface area (Å²) in [4.78, 5) is 35.9. The third kappa shape index (κ3) is 6.39. The highest BCUT2D eigenvalue weighted by Crippen LogP contribution is 2.20. The molecule has 0 aliphatic rings. The van der Waals surface area contributed by atoms with Gasteiger partial charge in [0.25, 0.3) is 5.91 Å². The van der Waals surface area contributed by atoms with Crippen LogP contribution in [-0.2, 0) is 17.8 Å². The van der Waals surface area contributed by atoms with Crippen molar-refractivity contribution in [2.24, 2.45) is 0 Å². The van der Waals surface area contributed by atoms with Crippen LogP contribution >= 0.6 is 0 Å². The van der Waals surface area contributed by atoms with Crippen molar-refractivity contribution in [2.75, 3.05) is 32.1 Å². The number of rotatable bonds is 10. The zero-order valence-electron chi connectivity index (χ0n) is 22.1. The Bertz CT molecular complexity index is 1330. The molecule has 2 amide bonds. The second kappa shape index (κ2) is 11.8. The van der Waals surface area contributed by atoms with Crippen molar-refractivity contribution >= 4 is 28.4 Å². The highest BCUT2D eigenvalue weighted by molar-refractivity contribution is 5.96. The summed E-state index contributed by atoms with van der Waals surface area (Å²) in [5.41, 5.74) is 5.03. The van der Waals surface area contributed by atoms with Crippen molar-refractivity contribution in [3.63, 3.8) is 0 Å². The first-order chi connectivity index (χ1) is 17.8. The number of H-pyrrole nitrogens is 1. The molecule has 192 valence electrons. The largest absolute Gasteiger partial charge is 0.378 e. The fourth-order valence-electron chi connectivity index (χ4n) is 4.49. The topological polar surface area (TPSA) is 59.7 Å². The first-order valence-corrected chi connectivity index (χ1v) is 12.8. The minimum Gasteiger partial charge on any atom is -0.378 e. The summed E-state index contributed by atoms with van der Waals surface area (Å²) in [7, 11) is 4.02. The van der Waals surface area contributed by atoms with Crippen LogP contribution in [0.15, 0.2) is 85.1 Å². The van der Waals surface area contributed by atoms with Crippen molar-refractivity contribution < 1.29 is 9.59 Å². The minimum atomic E-state index is -0.129. The minimum absolute atomic E-state index is 0.0368. The van der Waals surface area contributed by atoms with E-state index in [1.165, 1.54) is 10.9 Å². The summed E-state index contributed by atoms with van der Waals surface area (Å²) in [6.07, 6.45) is 2.75. The monoisotopic (exact) mass is 496 g/mol. The van der Waals surface area contributed by atoms with Crippen LogP contribution in [0.5, 0.6) is 0 Å². The Morgan fingerprint density at radius 2 is 1.54 bits per heavy atom. The number of carbonyl (C=O) groups is 2. The zero-order chi connectivity index (χ0) is 26.4. The number of nitrogens with zero attached hydrogens (tertiary/aromatic N) is 3. The highest BCUT2D eigenvalue weighted by Gasteiger charge is 2.25. The van der Waals surface area contributed by atoms with Crippen LogP contribution in [-0.4, -0.2) is 59.8 Å². The normalized spacial score (nSPS) is 11.1. The Kier molecular flexibility index (Phi) is 8.29. The van der Waals surface area contributed by atoms with Crippen molar-refractivity contribution in [2.45, 2.75) is 32.9 Å². The van der Waals surface area contributed by atoms with Gasteiger partial charge in [-0.3, -0.25) is 9.59 Å². The molecule has 4 aromatic rings. The standard InChI is InChI=1S/C31H36N4O2/c1-23(2)35(31(37)25-10-6-5-7-11-25)22-30(36)34(21-24-14-16-27(17-15-24)33(3)4)19-18-26-20-32-29-13-9-8-12-28(26)29/h5-17,20,23,32H,18-19,21-22H2,1-4H3. The lowest BCUT2D eigenvalue weighted by Crippen LogP contribution is -2.46. The van der Waals surface area contributed by atoms with E-state index < -0.39 is 0 Å². The number of aromatic amines is 1. The summed E-state index contributed by atoms with van der Waals surface area (Å²) in [6, 6.07) is 25.5. The number of anilines is 1. The SMILES string of the molecule is CC(C)N(CC(=O)N(CCc1c[nH]c2ccccc12)Cc1ccc(N(C)C)cc1)C(=O)c1ccccc1. The van der Waals surface area contributed by atoms with Crippen molar-refractivity contribution in [3.8, 4) is 0 Å². The molecule has 37 heavy (non-hydrogen) atoms. The quantitative estimate of drug-likeness (QED) is 0.322. The molecule has 0 spiro atoms. The van der Waals surface area contributed by atoms with Gasteiger partial charge in [0.15, 0.2) is 0 Å². The molecule has 1 heterocycles. The third-order valence-electron chi connectivity index (χ3n) is 6.72. The second-order valence-corrected chi connectivity index (χ2v) is 9.88. The second-order valence-electron chi connectivity index (χ2n) is 9.88. The van der Waals surface area contributed by atoms with E-state index in [9.17, 15) is 9.59 Å². The Morgan fingerprint density at radius 1 is 0.865 bits per heavy atom. The molecule has 0 saturated heterocycles. The first kappa shape index (κ1) is 26.0. The fraction of sp³-hybridized carbons (Fsp3) is 0.290. The smallest absolute Gasteiger partial charge is 0.254 e. The van der Waals surface area contributed by atoms with E-state index >= 15 is 0 Å². The van der Waals surface area contributed by atoms with E-state index in [-0.39, 0.29) is 24.4 Å². The summed E-state index contributed by atoms with van der Waals surface area (Å²) >= 11 is 0. The van der Waals surface area contributed by atoms with E-state index in [2.05, 4.69) is 46.3 Å². The van der Waals surface area contributed by atoms with Gasteiger partial charge < -0.3 is 19.7 Å². The number of nitrogens with one attached hydrogen (secondary N) is 1. The highest BCUT2D eigenvalue weighted by atomic mass is 16.2. The lowest BCUT2D eigenvalue weighted by atomic mass is 10.1. The van der Waals surface area contributed by atoms with Gasteiger partial charge in [0.1, 0.15) is 6.54 Å². The number of hydrogen-bond acceptors (Lipinski definition) is 3. The van der Waals surface area contributed by atoms with Gasteiger partial charge >= 0.3 is 0 Å². The Morgan fingerprint density at radius 3 is 2.22 bits per heavy atom. The van der Waals surface area contributed by atoms with Crippen LogP contribution in [0.3, 0.4) is 0 Å². The fourth-order valence-corrected chi connectivity index (χ4v) is 4.49. The molecule has 0 radical (unpaired) electrons. The summed E-state index contributed by atoms with van der Waals surface area (Å²) in [6.45, 7) is 4.98. The molecule has 1 aromatic heterocycles. The van der Waals surface area contributed by atoms with Crippen LogP contribution in [0.2, 0.25) is 0 Å². The van der Waals surface area contributed by atoms with Crippen LogP contribution in [0.1, 0.15) is 35.3 Å². The molecule has 0 unspecified atom stereocenters. The summed E-state index contributed by atoms with van der Waals surface area (Å²) in [5, 5.41) is 1.17. The lowest BCUT2D eigenvalue weighted by Gasteiger charge is -2.30. The molecule has 6 heteroatoms.